The molecule has 8 rings (SSSR count). The molecule has 2 aromatic carbocycles. The van der Waals surface area contributed by atoms with Crippen molar-refractivity contribution in [2.45, 2.75) is 87.5 Å². The Bertz CT molecular complexity index is 1960. The standard InChI is InChI=1S/C43H58ClN5O6S/c1-4-40(50)48-20-19-47-18-17-46(24-35(47)25-48)27-43(52)16-5-7-29(2)30(3)56(53,54)45-41(51)32-10-14-39-38(22-32)49(23-33-9-12-37(33)43)26-42(28-55-39)15-6-8-31-21-34(44)11-13-36(31)42/h4,10-11,13-14,21-22,29-30,33,35,37,52H,1,5-9,12,15-20,23-28H2,2-3H3,(H,45,51)/t29-,30+,33-,35+,37+,42-,43?/m0/s1. The van der Waals surface area contributed by atoms with Gasteiger partial charge >= 0.3 is 0 Å². The van der Waals surface area contributed by atoms with Crippen LogP contribution in [0.4, 0.5) is 5.69 Å². The van der Waals surface area contributed by atoms with E-state index in [9.17, 15) is 23.1 Å². The van der Waals surface area contributed by atoms with Crippen LogP contribution in [-0.4, -0.2) is 122 Å². The zero-order valence-corrected chi connectivity index (χ0v) is 34.5. The predicted molar refractivity (Wildman–Crippen MR) is 219 cm³/mol. The van der Waals surface area contributed by atoms with E-state index in [1.165, 1.54) is 17.2 Å². The van der Waals surface area contributed by atoms with Crippen molar-refractivity contribution < 1.29 is 27.9 Å². The first-order valence-corrected chi connectivity index (χ1v) is 22.7. The highest BCUT2D eigenvalue weighted by Gasteiger charge is 2.50. The van der Waals surface area contributed by atoms with Crippen LogP contribution in [0.25, 0.3) is 0 Å². The van der Waals surface area contributed by atoms with E-state index < -0.39 is 26.8 Å². The van der Waals surface area contributed by atoms with Gasteiger partial charge in [0.2, 0.25) is 15.9 Å². The summed E-state index contributed by atoms with van der Waals surface area (Å²) in [6, 6.07) is 11.7. The van der Waals surface area contributed by atoms with Crippen molar-refractivity contribution in [1.82, 2.24) is 19.4 Å². The Hall–Kier alpha value is -3.16. The van der Waals surface area contributed by atoms with Crippen molar-refractivity contribution in [2.75, 3.05) is 70.4 Å². The minimum Gasteiger partial charge on any atom is -0.490 e. The van der Waals surface area contributed by atoms with Crippen LogP contribution in [0.3, 0.4) is 0 Å². The highest BCUT2D eigenvalue weighted by molar-refractivity contribution is 7.90. The van der Waals surface area contributed by atoms with Gasteiger partial charge in [0.25, 0.3) is 5.91 Å². The first kappa shape index (κ1) is 39.7. The van der Waals surface area contributed by atoms with Gasteiger partial charge in [0.05, 0.1) is 23.1 Å². The van der Waals surface area contributed by atoms with Crippen LogP contribution in [0.2, 0.25) is 5.02 Å². The number of anilines is 1. The molecule has 1 saturated carbocycles. The van der Waals surface area contributed by atoms with Crippen LogP contribution in [0, 0.1) is 17.8 Å². The van der Waals surface area contributed by atoms with E-state index in [4.69, 9.17) is 16.3 Å². The number of amides is 2. The number of rotatable bonds is 3. The number of nitrogens with zero attached hydrogens (tertiary/aromatic N) is 4. The summed E-state index contributed by atoms with van der Waals surface area (Å²) in [7, 11) is -3.99. The summed E-state index contributed by atoms with van der Waals surface area (Å²) >= 11 is 6.50. The normalized spacial score (nSPS) is 33.8. The van der Waals surface area contributed by atoms with Gasteiger partial charge in [-0.3, -0.25) is 19.4 Å². The Balaban J connectivity index is 1.13. The van der Waals surface area contributed by atoms with Gasteiger partial charge < -0.3 is 19.6 Å². The Morgan fingerprint density at radius 2 is 1.86 bits per heavy atom. The lowest BCUT2D eigenvalue weighted by Crippen LogP contribution is -2.65. The number of piperazine rings is 2. The average Bonchev–Trinajstić information content (AvgIpc) is 3.31. The highest BCUT2D eigenvalue weighted by Crippen LogP contribution is 2.49. The molecule has 2 saturated heterocycles. The van der Waals surface area contributed by atoms with Gasteiger partial charge in [0.1, 0.15) is 5.75 Å². The van der Waals surface area contributed by atoms with E-state index in [1.54, 1.807) is 19.1 Å². The number of halogens is 1. The molecule has 56 heavy (non-hydrogen) atoms. The Morgan fingerprint density at radius 1 is 1.04 bits per heavy atom. The number of fused-ring (bicyclic) bond motifs is 5. The van der Waals surface area contributed by atoms with E-state index in [1.807, 2.05) is 24.0 Å². The molecule has 1 unspecified atom stereocenters. The number of aryl methyl sites for hydroxylation is 1. The fourth-order valence-corrected chi connectivity index (χ4v) is 12.4. The molecule has 2 bridgehead atoms. The lowest BCUT2D eigenvalue weighted by Gasteiger charge is -2.53. The van der Waals surface area contributed by atoms with Crippen molar-refractivity contribution >= 4 is 39.1 Å². The van der Waals surface area contributed by atoms with Crippen LogP contribution in [0.1, 0.15) is 80.3 Å². The molecule has 2 N–H and O–H groups in total. The largest absolute Gasteiger partial charge is 0.490 e. The van der Waals surface area contributed by atoms with Crippen molar-refractivity contribution in [2.24, 2.45) is 17.8 Å². The molecule has 7 atom stereocenters. The number of benzene rings is 2. The number of β-amino-alcohol motifs (C(OH)–C–C–N with tert-alkyl or cyclic N) is 1. The molecule has 2 aromatic rings. The number of ether oxygens (including phenoxy) is 1. The van der Waals surface area contributed by atoms with E-state index in [0.29, 0.717) is 64.3 Å². The summed E-state index contributed by atoms with van der Waals surface area (Å²) < 4.78 is 36.3. The van der Waals surface area contributed by atoms with Crippen LogP contribution >= 0.6 is 11.6 Å². The first-order chi connectivity index (χ1) is 26.8. The van der Waals surface area contributed by atoms with Gasteiger partial charge in [-0.25, -0.2) is 13.1 Å². The number of aliphatic hydroxyl groups is 1. The third-order valence-electron chi connectivity index (χ3n) is 14.4. The van der Waals surface area contributed by atoms with Gasteiger partial charge in [0, 0.05) is 80.9 Å². The molecule has 3 fully saturated rings. The third-order valence-corrected chi connectivity index (χ3v) is 16.6. The summed E-state index contributed by atoms with van der Waals surface area (Å²) in [6.07, 6.45) is 8.04. The summed E-state index contributed by atoms with van der Waals surface area (Å²) in [5.74, 6) is 0.0225. The van der Waals surface area contributed by atoms with Crippen molar-refractivity contribution in [3.05, 3.63) is 70.8 Å². The zero-order valence-electron chi connectivity index (χ0n) is 32.9. The number of carbonyl (C=O) groups is 2. The van der Waals surface area contributed by atoms with Gasteiger partial charge in [-0.05, 0) is 117 Å². The average molecular weight is 808 g/mol. The second kappa shape index (κ2) is 15.5. The third kappa shape index (κ3) is 7.61. The Morgan fingerprint density at radius 3 is 2.64 bits per heavy atom. The molecule has 0 aromatic heterocycles. The van der Waals surface area contributed by atoms with E-state index in [0.717, 1.165) is 69.0 Å². The smallest absolute Gasteiger partial charge is 0.264 e. The molecule has 4 aliphatic heterocycles. The topological polar surface area (TPSA) is 123 Å². The van der Waals surface area contributed by atoms with Crippen LogP contribution < -0.4 is 14.4 Å². The number of carbonyl (C=O) groups excluding carboxylic acids is 2. The van der Waals surface area contributed by atoms with Gasteiger partial charge in [-0.15, -0.1) is 0 Å². The summed E-state index contributed by atoms with van der Waals surface area (Å²) in [5, 5.41) is 13.0. The SMILES string of the molecule is C=CC(=O)N1CCN2CCN(CC3(O)CCC[C@H](C)[C@@H](C)S(=O)(=O)NC(=O)c4ccc5c(c4)N(C[C@@H]4CC[C@H]43)C[C@@]3(CCCc4cc(Cl)ccc43)CO5)C[C@@H]2C1. The maximum atomic E-state index is 13.7. The minimum absolute atomic E-state index is 0.0323. The fourth-order valence-electron chi connectivity index (χ4n) is 10.8. The van der Waals surface area contributed by atoms with Gasteiger partial charge in [-0.2, -0.15) is 0 Å². The second-order valence-electron chi connectivity index (χ2n) is 17.8. The maximum Gasteiger partial charge on any atom is 0.264 e. The van der Waals surface area contributed by atoms with Crippen molar-refractivity contribution in [3.8, 4) is 5.75 Å². The first-order valence-electron chi connectivity index (χ1n) is 20.7. The molecule has 11 nitrogen and oxygen atoms in total. The summed E-state index contributed by atoms with van der Waals surface area (Å²) in [6.45, 7) is 14.4. The number of nitrogens with one attached hydrogen (secondary N) is 1. The molecule has 6 aliphatic rings. The lowest BCUT2D eigenvalue weighted by atomic mass is 9.62. The summed E-state index contributed by atoms with van der Waals surface area (Å²) in [5.41, 5.74) is 2.25. The van der Waals surface area contributed by atoms with Crippen LogP contribution in [0.15, 0.2) is 49.1 Å². The second-order valence-corrected chi connectivity index (χ2v) is 20.3. The summed E-state index contributed by atoms with van der Waals surface area (Å²) in [4.78, 5) is 35.4. The van der Waals surface area contributed by atoms with Crippen molar-refractivity contribution in [1.29, 1.82) is 0 Å². The molecule has 13 heteroatoms. The molecular formula is C43H58ClN5O6S. The Kier molecular flexibility index (Phi) is 11.0. The molecule has 304 valence electrons. The van der Waals surface area contributed by atoms with Gasteiger partial charge in [-0.1, -0.05) is 37.6 Å². The maximum absolute atomic E-state index is 13.7. The lowest BCUT2D eigenvalue weighted by molar-refractivity contribution is -0.132. The van der Waals surface area contributed by atoms with Crippen molar-refractivity contribution in [3.63, 3.8) is 0 Å². The van der Waals surface area contributed by atoms with E-state index in [2.05, 4.69) is 38.1 Å². The van der Waals surface area contributed by atoms with Crippen LogP contribution in [-0.2, 0) is 26.7 Å². The predicted octanol–water partition coefficient (Wildman–Crippen LogP) is 4.85. The fraction of sp³-hybridized carbons (Fsp3) is 0.628. The molecular weight excluding hydrogens is 750 g/mol. The monoisotopic (exact) mass is 807 g/mol. The Labute approximate surface area is 337 Å². The van der Waals surface area contributed by atoms with E-state index in [-0.39, 0.29) is 40.7 Å². The number of sulfonamides is 1. The molecule has 4 heterocycles. The number of hydrogen-bond acceptors (Lipinski definition) is 9. The molecule has 2 aliphatic carbocycles. The number of hydrogen-bond donors (Lipinski definition) is 2. The highest BCUT2D eigenvalue weighted by atomic mass is 35.5. The van der Waals surface area contributed by atoms with E-state index >= 15 is 0 Å². The zero-order chi connectivity index (χ0) is 39.4. The van der Waals surface area contributed by atoms with Gasteiger partial charge in [0.15, 0.2) is 0 Å². The quantitative estimate of drug-likeness (QED) is 0.420. The van der Waals surface area contributed by atoms with Crippen LogP contribution in [0.5, 0.6) is 5.75 Å². The molecule has 2 amide bonds. The minimum atomic E-state index is -3.99. The molecule has 1 spiro atoms. The molecule has 0 radical (unpaired) electrons.